The molecular weight excluding hydrogens is 323 g/mol. The summed E-state index contributed by atoms with van der Waals surface area (Å²) in [5.74, 6) is -0.546. The van der Waals surface area contributed by atoms with Gasteiger partial charge >= 0.3 is 6.18 Å². The Balaban J connectivity index is 1.75. The third-order valence-corrected chi connectivity index (χ3v) is 3.81. The molecule has 1 amide bonds. The maximum absolute atomic E-state index is 13.2. The molecule has 1 atom stereocenters. The van der Waals surface area contributed by atoms with Gasteiger partial charge < -0.3 is 15.4 Å². The molecule has 5 nitrogen and oxygen atoms in total. The second-order valence-electron chi connectivity index (χ2n) is 5.63. The molecule has 0 aromatic heterocycles. The summed E-state index contributed by atoms with van der Waals surface area (Å²) < 4.78 is 44.8. The van der Waals surface area contributed by atoms with Crippen LogP contribution in [0.25, 0.3) is 0 Å². The van der Waals surface area contributed by atoms with Gasteiger partial charge in [0.25, 0.3) is 0 Å². The second kappa shape index (κ2) is 9.00. The molecule has 24 heavy (non-hydrogen) atoms. The van der Waals surface area contributed by atoms with Gasteiger partial charge in [-0.2, -0.15) is 13.2 Å². The quantitative estimate of drug-likeness (QED) is 0.779. The van der Waals surface area contributed by atoms with Crippen LogP contribution in [-0.2, 0) is 16.1 Å². The van der Waals surface area contributed by atoms with Crippen LogP contribution in [0.3, 0.4) is 0 Å². The van der Waals surface area contributed by atoms with Gasteiger partial charge in [0.15, 0.2) is 0 Å². The van der Waals surface area contributed by atoms with Crippen LogP contribution < -0.4 is 10.6 Å². The van der Waals surface area contributed by atoms with Crippen molar-refractivity contribution in [2.45, 2.75) is 18.8 Å². The minimum Gasteiger partial charge on any atom is -0.367 e. The Morgan fingerprint density at radius 2 is 1.92 bits per heavy atom. The minimum absolute atomic E-state index is 0.245. The number of halogens is 3. The first-order valence-electron chi connectivity index (χ1n) is 7.86. The van der Waals surface area contributed by atoms with Gasteiger partial charge in [0.1, 0.15) is 12.6 Å². The minimum atomic E-state index is -4.38. The molecule has 0 bridgehead atoms. The van der Waals surface area contributed by atoms with Crippen LogP contribution in [0, 0.1) is 0 Å². The molecule has 1 saturated heterocycles. The maximum atomic E-state index is 13.2. The molecule has 1 fully saturated rings. The zero-order valence-corrected chi connectivity index (χ0v) is 13.3. The van der Waals surface area contributed by atoms with Gasteiger partial charge in [-0.3, -0.25) is 9.69 Å². The first kappa shape index (κ1) is 18.7. The molecule has 1 heterocycles. The first-order valence-corrected chi connectivity index (χ1v) is 7.86. The third-order valence-electron chi connectivity index (χ3n) is 3.81. The highest BCUT2D eigenvalue weighted by Gasteiger charge is 2.43. The lowest BCUT2D eigenvalue weighted by molar-refractivity contribution is -0.184. The average Bonchev–Trinajstić information content (AvgIpc) is 2.56. The second-order valence-corrected chi connectivity index (χ2v) is 5.63. The van der Waals surface area contributed by atoms with E-state index in [4.69, 9.17) is 4.74 Å². The van der Waals surface area contributed by atoms with Crippen LogP contribution in [0.1, 0.15) is 5.56 Å². The van der Waals surface area contributed by atoms with Gasteiger partial charge in [-0.25, -0.2) is 0 Å². The van der Waals surface area contributed by atoms with Crippen molar-refractivity contribution >= 4 is 5.91 Å². The van der Waals surface area contributed by atoms with Gasteiger partial charge in [0.2, 0.25) is 5.91 Å². The topological polar surface area (TPSA) is 53.6 Å². The van der Waals surface area contributed by atoms with Crippen molar-refractivity contribution in [3.05, 3.63) is 35.9 Å². The van der Waals surface area contributed by atoms with Gasteiger partial charge in [0, 0.05) is 32.7 Å². The molecule has 8 heteroatoms. The predicted molar refractivity (Wildman–Crippen MR) is 83.4 cm³/mol. The molecule has 0 spiro atoms. The summed E-state index contributed by atoms with van der Waals surface area (Å²) in [6, 6.07) is 7.59. The van der Waals surface area contributed by atoms with E-state index < -0.39 is 24.7 Å². The Hall–Kier alpha value is -1.64. The van der Waals surface area contributed by atoms with Crippen LogP contribution in [-0.4, -0.2) is 62.4 Å². The lowest BCUT2D eigenvalue weighted by Crippen LogP contribution is -2.57. The Morgan fingerprint density at radius 1 is 1.25 bits per heavy atom. The maximum Gasteiger partial charge on any atom is 0.405 e. The van der Waals surface area contributed by atoms with E-state index in [1.54, 1.807) is 0 Å². The number of nitrogens with one attached hydrogen (secondary N) is 2. The number of rotatable bonds is 7. The molecule has 1 aromatic rings. The summed E-state index contributed by atoms with van der Waals surface area (Å²) >= 11 is 0. The van der Waals surface area contributed by atoms with E-state index in [0.717, 1.165) is 5.56 Å². The van der Waals surface area contributed by atoms with E-state index in [1.807, 2.05) is 30.3 Å². The summed E-state index contributed by atoms with van der Waals surface area (Å²) in [6.07, 6.45) is -4.38. The molecule has 2 N–H and O–H groups in total. The van der Waals surface area contributed by atoms with Gasteiger partial charge in [-0.1, -0.05) is 30.3 Å². The van der Waals surface area contributed by atoms with Crippen molar-refractivity contribution in [1.82, 2.24) is 15.5 Å². The molecule has 2 rings (SSSR count). The highest BCUT2D eigenvalue weighted by Crippen LogP contribution is 2.24. The molecule has 134 valence electrons. The zero-order chi connectivity index (χ0) is 17.4. The molecule has 0 aliphatic carbocycles. The zero-order valence-electron chi connectivity index (χ0n) is 13.3. The number of carbonyl (C=O) groups excluding carboxylic acids is 1. The highest BCUT2D eigenvalue weighted by molar-refractivity contribution is 5.77. The van der Waals surface area contributed by atoms with Crippen LogP contribution >= 0.6 is 0 Å². The predicted octanol–water partition coefficient (Wildman–Crippen LogP) is 1.16. The lowest BCUT2D eigenvalue weighted by atomic mass is 10.2. The van der Waals surface area contributed by atoms with Gasteiger partial charge in [0.05, 0.1) is 6.61 Å². The monoisotopic (exact) mass is 345 g/mol. The van der Waals surface area contributed by atoms with Crippen molar-refractivity contribution in [2.24, 2.45) is 0 Å². The molecule has 0 radical (unpaired) electrons. The largest absolute Gasteiger partial charge is 0.405 e. The van der Waals surface area contributed by atoms with Crippen LogP contribution in [0.2, 0.25) is 0 Å². The Kier molecular flexibility index (Phi) is 7.01. The summed E-state index contributed by atoms with van der Waals surface area (Å²) in [7, 11) is 0. The third kappa shape index (κ3) is 6.10. The van der Waals surface area contributed by atoms with Crippen LogP contribution in [0.15, 0.2) is 30.3 Å². The van der Waals surface area contributed by atoms with Crippen molar-refractivity contribution in [3.8, 4) is 0 Å². The van der Waals surface area contributed by atoms with Gasteiger partial charge in [-0.15, -0.1) is 0 Å². The number of hydrogen-bond acceptors (Lipinski definition) is 4. The number of amides is 1. The number of hydrogen-bond donors (Lipinski definition) is 2. The van der Waals surface area contributed by atoms with E-state index >= 15 is 0 Å². The molecule has 1 aliphatic rings. The Labute approximate surface area is 139 Å². The fourth-order valence-electron chi connectivity index (χ4n) is 2.54. The molecule has 1 unspecified atom stereocenters. The number of piperazine rings is 1. The fraction of sp³-hybridized carbons (Fsp3) is 0.562. The summed E-state index contributed by atoms with van der Waals surface area (Å²) in [4.78, 5) is 13.1. The van der Waals surface area contributed by atoms with E-state index in [1.165, 1.54) is 4.90 Å². The van der Waals surface area contributed by atoms with Crippen LogP contribution in [0.4, 0.5) is 13.2 Å². The average molecular weight is 345 g/mol. The number of carbonyl (C=O) groups is 1. The smallest absolute Gasteiger partial charge is 0.367 e. The number of ether oxygens (including phenoxy) is 1. The number of benzene rings is 1. The van der Waals surface area contributed by atoms with Crippen molar-refractivity contribution in [1.29, 1.82) is 0 Å². The van der Waals surface area contributed by atoms with E-state index in [-0.39, 0.29) is 13.2 Å². The molecule has 1 aromatic carbocycles. The summed E-state index contributed by atoms with van der Waals surface area (Å²) in [5.41, 5.74) is 0.902. The Bertz CT molecular complexity index is 505. The van der Waals surface area contributed by atoms with E-state index in [9.17, 15) is 18.0 Å². The van der Waals surface area contributed by atoms with Gasteiger partial charge in [-0.05, 0) is 5.56 Å². The van der Waals surface area contributed by atoms with Crippen molar-refractivity contribution < 1.29 is 22.7 Å². The fourth-order valence-corrected chi connectivity index (χ4v) is 2.54. The first-order chi connectivity index (χ1) is 11.5. The number of alkyl halides is 3. The summed E-state index contributed by atoms with van der Waals surface area (Å²) in [6.45, 7) is 1.17. The normalized spacial score (nSPS) is 17.5. The number of nitrogens with zero attached hydrogens (tertiary/aromatic N) is 1. The van der Waals surface area contributed by atoms with E-state index in [2.05, 4.69) is 10.6 Å². The lowest BCUT2D eigenvalue weighted by Gasteiger charge is -2.35. The van der Waals surface area contributed by atoms with Crippen LogP contribution in [0.5, 0.6) is 0 Å². The standard InChI is InChI=1S/C16H22F3N3O2/c17-16(18,19)14(22-8-6-20-7-9-22)10-21-15(23)12-24-11-13-4-2-1-3-5-13/h1-5,14,20H,6-12H2,(H,21,23). The molecule has 0 saturated carbocycles. The molecule has 1 aliphatic heterocycles. The van der Waals surface area contributed by atoms with E-state index in [0.29, 0.717) is 26.2 Å². The van der Waals surface area contributed by atoms with Crippen molar-refractivity contribution in [3.63, 3.8) is 0 Å². The highest BCUT2D eigenvalue weighted by atomic mass is 19.4. The Morgan fingerprint density at radius 3 is 2.54 bits per heavy atom. The summed E-state index contributed by atoms with van der Waals surface area (Å²) in [5, 5.41) is 5.34. The van der Waals surface area contributed by atoms with Crippen molar-refractivity contribution in [2.75, 3.05) is 39.3 Å². The SMILES string of the molecule is O=C(COCc1ccccc1)NCC(N1CCNCC1)C(F)(F)F. The molecular formula is C16H22F3N3O2.